The smallest absolute Gasteiger partial charge is 0.230 e. The molecule has 3 nitrogen and oxygen atoms in total. The number of benzene rings is 2. The third-order valence-corrected chi connectivity index (χ3v) is 8.22. The van der Waals surface area contributed by atoms with Crippen LogP contribution in [-0.4, -0.2) is 36.7 Å². The fraction of sp³-hybridized carbons (Fsp3) is 0.500. The van der Waals surface area contributed by atoms with E-state index in [0.29, 0.717) is 5.92 Å². The van der Waals surface area contributed by atoms with E-state index in [1.54, 1.807) is 0 Å². The Morgan fingerprint density at radius 3 is 2.45 bits per heavy atom. The third kappa shape index (κ3) is 5.30. The Morgan fingerprint density at radius 2 is 1.77 bits per heavy atom. The van der Waals surface area contributed by atoms with Crippen molar-refractivity contribution in [2.24, 2.45) is 5.92 Å². The van der Waals surface area contributed by atoms with Crippen molar-refractivity contribution in [3.63, 3.8) is 0 Å². The molecule has 166 valence electrons. The van der Waals surface area contributed by atoms with E-state index in [9.17, 15) is 4.79 Å². The molecule has 0 radical (unpaired) electrons. The van der Waals surface area contributed by atoms with Crippen molar-refractivity contribution in [1.82, 2.24) is 10.2 Å². The van der Waals surface area contributed by atoms with E-state index in [2.05, 4.69) is 40.7 Å². The highest BCUT2D eigenvalue weighted by atomic mass is 35.5. The number of nitrogens with one attached hydrogen (secondary N) is 1. The minimum atomic E-state index is -0.368. The van der Waals surface area contributed by atoms with Gasteiger partial charge in [0.05, 0.1) is 5.41 Å². The average Bonchev–Trinajstić information content (AvgIpc) is 3.30. The van der Waals surface area contributed by atoms with Gasteiger partial charge in [-0.1, -0.05) is 54.8 Å². The molecule has 2 aromatic carbocycles. The fourth-order valence-corrected chi connectivity index (χ4v) is 5.96. The number of hydrogen-bond acceptors (Lipinski definition) is 3. The molecule has 1 saturated heterocycles. The number of carbonyl (C=O) groups excluding carboxylic acids is 1. The van der Waals surface area contributed by atoms with E-state index >= 15 is 0 Å². The van der Waals surface area contributed by atoms with E-state index in [-0.39, 0.29) is 11.3 Å². The molecule has 2 aliphatic rings. The molecule has 0 atom stereocenters. The van der Waals surface area contributed by atoms with Crippen LogP contribution in [0.5, 0.6) is 0 Å². The van der Waals surface area contributed by atoms with Crippen LogP contribution in [0.3, 0.4) is 0 Å². The molecular formula is C26H33ClN2OS. The van der Waals surface area contributed by atoms with Crippen LogP contribution in [0.4, 0.5) is 0 Å². The van der Waals surface area contributed by atoms with E-state index in [4.69, 9.17) is 11.6 Å². The number of amides is 1. The quantitative estimate of drug-likeness (QED) is 0.526. The Bertz CT molecular complexity index is 871. The zero-order valence-electron chi connectivity index (χ0n) is 18.4. The molecule has 4 rings (SSSR count). The number of hydrogen-bond donors (Lipinski definition) is 1. The number of carbonyl (C=O) groups is 1. The summed E-state index contributed by atoms with van der Waals surface area (Å²) in [6, 6.07) is 16.6. The van der Waals surface area contributed by atoms with Crippen LogP contribution < -0.4 is 5.32 Å². The highest BCUT2D eigenvalue weighted by Gasteiger charge is 2.42. The molecule has 1 heterocycles. The first-order chi connectivity index (χ1) is 15.1. The first kappa shape index (κ1) is 22.7. The summed E-state index contributed by atoms with van der Waals surface area (Å²) in [6.45, 7) is 4.02. The minimum absolute atomic E-state index is 0.212. The fourth-order valence-electron chi connectivity index (χ4n) is 5.22. The average molecular weight is 457 g/mol. The van der Waals surface area contributed by atoms with Crippen molar-refractivity contribution >= 4 is 29.3 Å². The number of halogens is 1. The largest absolute Gasteiger partial charge is 0.355 e. The van der Waals surface area contributed by atoms with Crippen molar-refractivity contribution in [3.05, 3.63) is 64.7 Å². The van der Waals surface area contributed by atoms with Gasteiger partial charge in [0.2, 0.25) is 5.91 Å². The second-order valence-electron chi connectivity index (χ2n) is 9.04. The molecule has 0 bridgehead atoms. The van der Waals surface area contributed by atoms with Crippen molar-refractivity contribution < 1.29 is 4.79 Å². The van der Waals surface area contributed by atoms with Gasteiger partial charge in [-0.3, -0.25) is 9.69 Å². The van der Waals surface area contributed by atoms with Crippen molar-refractivity contribution in [1.29, 1.82) is 0 Å². The van der Waals surface area contributed by atoms with Gasteiger partial charge < -0.3 is 5.32 Å². The van der Waals surface area contributed by atoms with Gasteiger partial charge in [0.1, 0.15) is 0 Å². The van der Waals surface area contributed by atoms with Crippen LogP contribution in [0.25, 0.3) is 0 Å². The van der Waals surface area contributed by atoms with E-state index in [1.165, 1.54) is 10.5 Å². The van der Waals surface area contributed by atoms with Crippen molar-refractivity contribution in [3.8, 4) is 0 Å². The lowest BCUT2D eigenvalue weighted by Crippen LogP contribution is -2.45. The Balaban J connectivity index is 1.30. The summed E-state index contributed by atoms with van der Waals surface area (Å²) >= 11 is 7.90. The monoisotopic (exact) mass is 456 g/mol. The van der Waals surface area contributed by atoms with Crippen molar-refractivity contribution in [2.45, 2.75) is 55.4 Å². The predicted molar refractivity (Wildman–Crippen MR) is 131 cm³/mol. The molecule has 1 N–H and O–H groups in total. The maximum atomic E-state index is 13.3. The second-order valence-corrected chi connectivity index (χ2v) is 10.3. The number of rotatable bonds is 7. The maximum Gasteiger partial charge on any atom is 0.230 e. The van der Waals surface area contributed by atoms with Crippen LogP contribution in [0, 0.1) is 5.92 Å². The standard InChI is InChI=1S/C26H33ClN2OS/c1-31-24-7-3-2-6-21(24)19-29-16-12-20(13-17-29)18-28-25(30)26(14-4-5-15-26)22-8-10-23(27)11-9-22/h2-3,6-11,20H,4-5,12-19H2,1H3,(H,28,30). The van der Waals surface area contributed by atoms with Gasteiger partial charge >= 0.3 is 0 Å². The molecule has 2 fully saturated rings. The van der Waals surface area contributed by atoms with Gasteiger partial charge in [0.15, 0.2) is 0 Å². The Hall–Kier alpha value is -1.49. The lowest BCUT2D eigenvalue weighted by Gasteiger charge is -2.34. The third-order valence-electron chi connectivity index (χ3n) is 7.13. The van der Waals surface area contributed by atoms with Crippen LogP contribution >= 0.6 is 23.4 Å². The zero-order valence-corrected chi connectivity index (χ0v) is 20.0. The van der Waals surface area contributed by atoms with E-state index < -0.39 is 0 Å². The molecule has 1 aliphatic carbocycles. The van der Waals surface area contributed by atoms with Gasteiger partial charge in [-0.05, 0) is 80.3 Å². The van der Waals surface area contributed by atoms with Gasteiger partial charge in [0, 0.05) is 23.0 Å². The van der Waals surface area contributed by atoms with E-state index in [0.717, 1.165) is 75.3 Å². The highest BCUT2D eigenvalue weighted by Crippen LogP contribution is 2.41. The second kappa shape index (κ2) is 10.4. The van der Waals surface area contributed by atoms with Gasteiger partial charge in [-0.2, -0.15) is 0 Å². The molecule has 2 aromatic rings. The van der Waals surface area contributed by atoms with Crippen LogP contribution in [0.2, 0.25) is 5.02 Å². The number of nitrogens with zero attached hydrogens (tertiary/aromatic N) is 1. The Labute approximate surface area is 195 Å². The number of piperidine rings is 1. The molecule has 0 spiro atoms. The normalized spacial score (nSPS) is 19.4. The molecule has 31 heavy (non-hydrogen) atoms. The molecule has 1 aliphatic heterocycles. The molecular weight excluding hydrogens is 424 g/mol. The summed E-state index contributed by atoms with van der Waals surface area (Å²) in [5.41, 5.74) is 2.18. The highest BCUT2D eigenvalue weighted by molar-refractivity contribution is 7.98. The summed E-state index contributed by atoms with van der Waals surface area (Å²) in [6.07, 6.45) is 8.56. The first-order valence-corrected chi connectivity index (χ1v) is 13.1. The lowest BCUT2D eigenvalue weighted by molar-refractivity contribution is -0.126. The molecule has 5 heteroatoms. The van der Waals surface area contributed by atoms with Crippen LogP contribution in [0.15, 0.2) is 53.4 Å². The van der Waals surface area contributed by atoms with Crippen molar-refractivity contribution in [2.75, 3.05) is 25.9 Å². The first-order valence-electron chi connectivity index (χ1n) is 11.5. The topological polar surface area (TPSA) is 32.3 Å². The maximum absolute atomic E-state index is 13.3. The lowest BCUT2D eigenvalue weighted by atomic mass is 9.78. The van der Waals surface area contributed by atoms with Crippen LogP contribution in [-0.2, 0) is 16.8 Å². The van der Waals surface area contributed by atoms with Gasteiger partial charge in [-0.25, -0.2) is 0 Å². The van der Waals surface area contributed by atoms with E-state index in [1.807, 2.05) is 36.0 Å². The predicted octanol–water partition coefficient (Wildman–Crippen LogP) is 5.90. The molecule has 0 aromatic heterocycles. The zero-order chi connectivity index (χ0) is 21.7. The Morgan fingerprint density at radius 1 is 1.10 bits per heavy atom. The SMILES string of the molecule is CSc1ccccc1CN1CCC(CNC(=O)C2(c3ccc(Cl)cc3)CCCC2)CC1. The van der Waals surface area contributed by atoms with Gasteiger partial charge in [-0.15, -0.1) is 11.8 Å². The van der Waals surface area contributed by atoms with Gasteiger partial charge in [0.25, 0.3) is 0 Å². The molecule has 1 saturated carbocycles. The summed E-state index contributed by atoms with van der Waals surface area (Å²) in [5, 5.41) is 4.06. The summed E-state index contributed by atoms with van der Waals surface area (Å²) in [7, 11) is 0. The Kier molecular flexibility index (Phi) is 7.63. The molecule has 0 unspecified atom stereocenters. The summed E-state index contributed by atoms with van der Waals surface area (Å²) in [4.78, 5) is 17.2. The number of likely N-dealkylation sites (tertiary alicyclic amines) is 1. The van der Waals surface area contributed by atoms with Crippen LogP contribution in [0.1, 0.15) is 49.7 Å². The molecule has 1 amide bonds. The minimum Gasteiger partial charge on any atom is -0.355 e. The summed E-state index contributed by atoms with van der Waals surface area (Å²) < 4.78 is 0. The number of thioether (sulfide) groups is 1. The summed E-state index contributed by atoms with van der Waals surface area (Å²) in [5.74, 6) is 0.781.